The quantitative estimate of drug-likeness (QED) is 0.360. The number of ether oxygens (including phenoxy) is 1. The summed E-state index contributed by atoms with van der Waals surface area (Å²) in [5, 5.41) is 2.94. The van der Waals surface area contributed by atoms with Crippen LogP contribution in [-0.4, -0.2) is 21.4 Å². The van der Waals surface area contributed by atoms with Crippen molar-refractivity contribution in [3.8, 4) is 16.9 Å². The molecule has 0 spiro atoms. The van der Waals surface area contributed by atoms with Gasteiger partial charge in [-0.25, -0.2) is 8.42 Å². The maximum Gasteiger partial charge on any atom is 0.261 e. The molecule has 4 rings (SSSR count). The number of sulfonamides is 1. The van der Waals surface area contributed by atoms with Crippen LogP contribution in [0.15, 0.2) is 102 Å². The predicted octanol–water partition coefficient (Wildman–Crippen LogP) is 5.72. The summed E-state index contributed by atoms with van der Waals surface area (Å²) in [6.07, 6.45) is 0. The molecule has 7 heteroatoms. The average Bonchev–Trinajstić information content (AvgIpc) is 2.85. The lowest BCUT2D eigenvalue weighted by atomic mass is 10.0. The Labute approximate surface area is 199 Å². The number of anilines is 2. The van der Waals surface area contributed by atoms with Crippen molar-refractivity contribution in [2.24, 2.45) is 0 Å². The number of nitrogens with one attached hydrogen (secondary N) is 2. The Morgan fingerprint density at radius 1 is 0.824 bits per heavy atom. The zero-order valence-corrected chi connectivity index (χ0v) is 19.6. The lowest BCUT2D eigenvalue weighted by Gasteiger charge is -2.14. The fraction of sp³-hybridized carbons (Fsp3) is 0.0741. The number of amides is 1. The number of hydrogen-bond donors (Lipinski definition) is 2. The number of rotatable bonds is 7. The molecule has 2 N–H and O–H groups in total. The summed E-state index contributed by atoms with van der Waals surface area (Å²) >= 11 is 0. The summed E-state index contributed by atoms with van der Waals surface area (Å²) in [7, 11) is -2.36. The molecule has 0 radical (unpaired) electrons. The van der Waals surface area contributed by atoms with Crippen LogP contribution in [0.3, 0.4) is 0 Å². The third-order valence-electron chi connectivity index (χ3n) is 5.37. The van der Waals surface area contributed by atoms with E-state index >= 15 is 0 Å². The fourth-order valence-corrected chi connectivity index (χ4v) is 4.62. The molecule has 0 heterocycles. The molecular formula is C27H24N2O4S. The van der Waals surface area contributed by atoms with Crippen molar-refractivity contribution in [1.82, 2.24) is 0 Å². The highest BCUT2D eigenvalue weighted by Crippen LogP contribution is 2.28. The van der Waals surface area contributed by atoms with Gasteiger partial charge in [-0.05, 0) is 60.5 Å². The number of hydrogen-bond acceptors (Lipinski definition) is 4. The molecule has 0 aromatic heterocycles. The average molecular weight is 473 g/mol. The topological polar surface area (TPSA) is 84.5 Å². The maximum atomic E-state index is 13.2. The summed E-state index contributed by atoms with van der Waals surface area (Å²) in [6.45, 7) is 1.77. The SMILES string of the molecule is COc1ccc(NS(=O)(=O)c2ccc(C)c(C(=O)Nc3ccccc3-c3ccccc3)c2)cc1. The minimum absolute atomic E-state index is 0.00425. The number of aryl methyl sites for hydroxylation is 1. The molecule has 0 fully saturated rings. The van der Waals surface area contributed by atoms with Gasteiger partial charge in [0, 0.05) is 22.5 Å². The van der Waals surface area contributed by atoms with Crippen molar-refractivity contribution in [1.29, 1.82) is 0 Å². The summed E-state index contributed by atoms with van der Waals surface area (Å²) in [5.74, 6) is 0.232. The number of methoxy groups -OCH3 is 1. The second kappa shape index (κ2) is 9.80. The largest absolute Gasteiger partial charge is 0.497 e. The van der Waals surface area contributed by atoms with E-state index in [-0.39, 0.29) is 16.4 Å². The first-order valence-corrected chi connectivity index (χ1v) is 12.1. The summed E-state index contributed by atoms with van der Waals surface area (Å²) < 4.78 is 33.6. The summed E-state index contributed by atoms with van der Waals surface area (Å²) in [6, 6.07) is 28.3. The zero-order valence-electron chi connectivity index (χ0n) is 18.8. The van der Waals surface area contributed by atoms with Crippen LogP contribution in [0.1, 0.15) is 15.9 Å². The molecule has 34 heavy (non-hydrogen) atoms. The van der Waals surface area contributed by atoms with Gasteiger partial charge < -0.3 is 10.1 Å². The van der Waals surface area contributed by atoms with Crippen molar-refractivity contribution in [2.45, 2.75) is 11.8 Å². The minimum Gasteiger partial charge on any atom is -0.497 e. The van der Waals surface area contributed by atoms with Gasteiger partial charge in [0.2, 0.25) is 0 Å². The van der Waals surface area contributed by atoms with E-state index in [4.69, 9.17) is 4.74 Å². The Balaban J connectivity index is 1.61. The first-order valence-electron chi connectivity index (χ1n) is 10.6. The third-order valence-corrected chi connectivity index (χ3v) is 6.75. The predicted molar refractivity (Wildman–Crippen MR) is 135 cm³/mol. The molecule has 1 amide bonds. The van der Waals surface area contributed by atoms with E-state index in [1.165, 1.54) is 19.2 Å². The standard InChI is InChI=1S/C27H24N2O4S/c1-19-12-17-23(34(31,32)29-21-13-15-22(33-2)16-14-21)18-25(19)27(30)28-26-11-7-6-10-24(26)20-8-4-3-5-9-20/h3-18,29H,1-2H3,(H,28,30). The molecule has 0 saturated carbocycles. The zero-order chi connectivity index (χ0) is 24.1. The highest BCUT2D eigenvalue weighted by molar-refractivity contribution is 7.92. The lowest BCUT2D eigenvalue weighted by Crippen LogP contribution is -2.17. The fourth-order valence-electron chi connectivity index (χ4n) is 3.54. The maximum absolute atomic E-state index is 13.2. The van der Waals surface area contributed by atoms with Crippen LogP contribution in [0.2, 0.25) is 0 Å². The van der Waals surface area contributed by atoms with Crippen LogP contribution < -0.4 is 14.8 Å². The summed E-state index contributed by atoms with van der Waals surface area (Å²) in [5.41, 5.74) is 3.82. The molecule has 0 unspecified atom stereocenters. The van der Waals surface area contributed by atoms with E-state index in [1.807, 2.05) is 54.6 Å². The van der Waals surface area contributed by atoms with Gasteiger partial charge in [-0.1, -0.05) is 54.6 Å². The molecule has 0 aliphatic carbocycles. The van der Waals surface area contributed by atoms with Crippen molar-refractivity contribution in [3.05, 3.63) is 108 Å². The van der Waals surface area contributed by atoms with Crippen molar-refractivity contribution in [2.75, 3.05) is 17.1 Å². The van der Waals surface area contributed by atoms with E-state index < -0.39 is 10.0 Å². The smallest absolute Gasteiger partial charge is 0.261 e. The molecule has 6 nitrogen and oxygen atoms in total. The van der Waals surface area contributed by atoms with Crippen LogP contribution in [0, 0.1) is 6.92 Å². The van der Waals surface area contributed by atoms with Gasteiger partial charge in [0.25, 0.3) is 15.9 Å². The lowest BCUT2D eigenvalue weighted by molar-refractivity contribution is 0.102. The normalized spacial score (nSPS) is 11.0. The Hall–Kier alpha value is -4.10. The van der Waals surface area contributed by atoms with E-state index in [0.717, 1.165) is 11.1 Å². The molecule has 4 aromatic rings. The van der Waals surface area contributed by atoms with Crippen molar-refractivity contribution in [3.63, 3.8) is 0 Å². The van der Waals surface area contributed by atoms with Crippen LogP contribution in [0.5, 0.6) is 5.75 Å². The first-order chi connectivity index (χ1) is 16.4. The van der Waals surface area contributed by atoms with Gasteiger partial charge in [-0.15, -0.1) is 0 Å². The van der Waals surface area contributed by atoms with Crippen LogP contribution >= 0.6 is 0 Å². The van der Waals surface area contributed by atoms with Gasteiger partial charge >= 0.3 is 0 Å². The van der Waals surface area contributed by atoms with Gasteiger partial charge in [0.15, 0.2) is 0 Å². The number of benzene rings is 4. The molecule has 0 atom stereocenters. The second-order valence-corrected chi connectivity index (χ2v) is 9.36. The van der Waals surface area contributed by atoms with E-state index in [0.29, 0.717) is 22.7 Å². The van der Waals surface area contributed by atoms with E-state index in [9.17, 15) is 13.2 Å². The number of para-hydroxylation sites is 1. The third kappa shape index (κ3) is 5.10. The number of carbonyl (C=O) groups is 1. The highest BCUT2D eigenvalue weighted by atomic mass is 32.2. The molecule has 4 aromatic carbocycles. The molecule has 0 aliphatic rings. The molecule has 0 aliphatic heterocycles. The molecular weight excluding hydrogens is 448 g/mol. The molecule has 172 valence electrons. The van der Waals surface area contributed by atoms with Gasteiger partial charge in [-0.2, -0.15) is 0 Å². The van der Waals surface area contributed by atoms with Gasteiger partial charge in [0.05, 0.1) is 12.0 Å². The van der Waals surface area contributed by atoms with Crippen LogP contribution in [0.4, 0.5) is 11.4 Å². The van der Waals surface area contributed by atoms with Crippen LogP contribution in [-0.2, 0) is 10.0 Å². The van der Waals surface area contributed by atoms with Crippen molar-refractivity contribution >= 4 is 27.3 Å². The minimum atomic E-state index is -3.90. The summed E-state index contributed by atoms with van der Waals surface area (Å²) in [4.78, 5) is 13.2. The second-order valence-electron chi connectivity index (χ2n) is 7.68. The monoisotopic (exact) mass is 472 g/mol. The highest BCUT2D eigenvalue weighted by Gasteiger charge is 2.19. The Morgan fingerprint density at radius 2 is 1.50 bits per heavy atom. The Kier molecular flexibility index (Phi) is 6.65. The van der Waals surface area contributed by atoms with Gasteiger partial charge in [0.1, 0.15) is 5.75 Å². The van der Waals surface area contributed by atoms with Crippen molar-refractivity contribution < 1.29 is 17.9 Å². The molecule has 0 bridgehead atoms. The number of carbonyl (C=O) groups excluding carboxylic acids is 1. The van der Waals surface area contributed by atoms with Crippen LogP contribution in [0.25, 0.3) is 11.1 Å². The van der Waals surface area contributed by atoms with Gasteiger partial charge in [-0.3, -0.25) is 9.52 Å². The Morgan fingerprint density at radius 3 is 2.21 bits per heavy atom. The Bertz CT molecular complexity index is 1420. The van der Waals surface area contributed by atoms with E-state index in [2.05, 4.69) is 10.0 Å². The van der Waals surface area contributed by atoms with E-state index in [1.54, 1.807) is 37.3 Å². The molecule has 0 saturated heterocycles. The first kappa shape index (κ1) is 23.1.